The normalized spacial score (nSPS) is 24.4. The number of amides is 2. The van der Waals surface area contributed by atoms with E-state index >= 15 is 0 Å². The van der Waals surface area contributed by atoms with Crippen LogP contribution in [0, 0.1) is 5.41 Å². The number of carboxylic acids is 1. The first kappa shape index (κ1) is 15.8. The highest BCUT2D eigenvalue weighted by Crippen LogP contribution is 2.42. The van der Waals surface area contributed by atoms with Gasteiger partial charge in [-0.2, -0.15) is 0 Å². The molecular weight excluding hydrogens is 248 g/mol. The molecule has 1 aliphatic carbocycles. The summed E-state index contributed by atoms with van der Waals surface area (Å²) in [6.45, 7) is 8.58. The van der Waals surface area contributed by atoms with Gasteiger partial charge in [-0.05, 0) is 20.3 Å². The third-order valence-corrected chi connectivity index (χ3v) is 3.84. The summed E-state index contributed by atoms with van der Waals surface area (Å²) < 4.78 is 5.60. The van der Waals surface area contributed by atoms with Crippen LogP contribution in [-0.2, 0) is 9.53 Å². The molecule has 0 aromatic heterocycles. The van der Waals surface area contributed by atoms with Crippen molar-refractivity contribution in [3.8, 4) is 0 Å². The number of aliphatic carboxylic acids is 1. The average Bonchev–Trinajstić information content (AvgIpc) is 2.34. The Balaban J connectivity index is 2.52. The van der Waals surface area contributed by atoms with Crippen LogP contribution in [0.1, 0.15) is 34.1 Å². The summed E-state index contributed by atoms with van der Waals surface area (Å²) in [6.07, 6.45) is 0.925. The van der Waals surface area contributed by atoms with E-state index in [9.17, 15) is 9.59 Å². The summed E-state index contributed by atoms with van der Waals surface area (Å²) in [6, 6.07) is -0.294. The van der Waals surface area contributed by atoms with Crippen molar-refractivity contribution in [1.82, 2.24) is 10.2 Å². The number of nitrogens with zero attached hydrogens (tertiary/aromatic N) is 1. The zero-order chi connectivity index (χ0) is 14.6. The molecule has 1 fully saturated rings. The molecule has 1 saturated carbocycles. The molecule has 6 nitrogen and oxygen atoms in total. The minimum atomic E-state index is -1.00. The molecule has 6 heteroatoms. The van der Waals surface area contributed by atoms with Crippen LogP contribution in [0.5, 0.6) is 0 Å². The lowest BCUT2D eigenvalue weighted by Crippen LogP contribution is -2.63. The summed E-state index contributed by atoms with van der Waals surface area (Å²) in [7, 11) is 0. The molecule has 0 aliphatic heterocycles. The Bertz CT molecular complexity index is 344. The van der Waals surface area contributed by atoms with E-state index in [1.54, 1.807) is 6.92 Å². The molecule has 0 saturated heterocycles. The Kier molecular flexibility index (Phi) is 5.17. The smallest absolute Gasteiger partial charge is 0.323 e. The highest BCUT2D eigenvalue weighted by Gasteiger charge is 2.49. The summed E-state index contributed by atoms with van der Waals surface area (Å²) in [5.74, 6) is -1.00. The minimum Gasteiger partial charge on any atom is -0.480 e. The second kappa shape index (κ2) is 6.23. The predicted molar refractivity (Wildman–Crippen MR) is 71.0 cm³/mol. The highest BCUT2D eigenvalue weighted by molar-refractivity contribution is 5.80. The van der Waals surface area contributed by atoms with Crippen LogP contribution in [0.25, 0.3) is 0 Å². The van der Waals surface area contributed by atoms with Gasteiger partial charge in [0.25, 0.3) is 0 Å². The quantitative estimate of drug-likeness (QED) is 0.764. The van der Waals surface area contributed by atoms with Crippen LogP contribution in [0.2, 0.25) is 0 Å². The molecule has 0 radical (unpaired) electrons. The first-order valence-electron chi connectivity index (χ1n) is 6.71. The summed E-state index contributed by atoms with van der Waals surface area (Å²) >= 11 is 0. The van der Waals surface area contributed by atoms with Crippen molar-refractivity contribution < 1.29 is 19.4 Å². The fourth-order valence-corrected chi connectivity index (χ4v) is 2.35. The first-order chi connectivity index (χ1) is 8.82. The zero-order valence-corrected chi connectivity index (χ0v) is 12.1. The molecule has 1 aliphatic rings. The molecule has 19 heavy (non-hydrogen) atoms. The van der Waals surface area contributed by atoms with Gasteiger partial charge in [0.05, 0.1) is 6.10 Å². The molecule has 0 bridgehead atoms. The number of ether oxygens (including phenoxy) is 1. The summed E-state index contributed by atoms with van der Waals surface area (Å²) in [4.78, 5) is 23.9. The Morgan fingerprint density at radius 2 is 2.05 bits per heavy atom. The first-order valence-corrected chi connectivity index (χ1v) is 6.71. The van der Waals surface area contributed by atoms with Crippen molar-refractivity contribution in [2.75, 3.05) is 19.7 Å². The fourth-order valence-electron chi connectivity index (χ4n) is 2.35. The van der Waals surface area contributed by atoms with Crippen molar-refractivity contribution in [3.05, 3.63) is 0 Å². The van der Waals surface area contributed by atoms with Crippen LogP contribution < -0.4 is 5.32 Å². The van der Waals surface area contributed by atoms with Crippen molar-refractivity contribution >= 4 is 12.0 Å². The topological polar surface area (TPSA) is 78.9 Å². The van der Waals surface area contributed by atoms with Crippen LogP contribution in [0.4, 0.5) is 4.79 Å². The molecule has 110 valence electrons. The van der Waals surface area contributed by atoms with Crippen LogP contribution in [0.15, 0.2) is 0 Å². The van der Waals surface area contributed by atoms with Gasteiger partial charge in [0.15, 0.2) is 0 Å². The number of hydrogen-bond donors (Lipinski definition) is 2. The minimum absolute atomic E-state index is 0.0272. The number of nitrogens with one attached hydrogen (secondary N) is 1. The van der Waals surface area contributed by atoms with E-state index in [1.165, 1.54) is 4.90 Å². The molecular formula is C13H24N2O4. The van der Waals surface area contributed by atoms with Gasteiger partial charge in [-0.3, -0.25) is 4.79 Å². The molecule has 0 heterocycles. The van der Waals surface area contributed by atoms with Crippen molar-refractivity contribution in [1.29, 1.82) is 0 Å². The number of carbonyl (C=O) groups is 2. The highest BCUT2D eigenvalue weighted by atomic mass is 16.5. The average molecular weight is 272 g/mol. The maximum absolute atomic E-state index is 12.0. The lowest BCUT2D eigenvalue weighted by atomic mass is 9.64. The van der Waals surface area contributed by atoms with E-state index < -0.39 is 5.97 Å². The van der Waals surface area contributed by atoms with Crippen LogP contribution in [-0.4, -0.2) is 53.8 Å². The Morgan fingerprint density at radius 3 is 2.47 bits per heavy atom. The van der Waals surface area contributed by atoms with Crippen molar-refractivity contribution in [3.63, 3.8) is 0 Å². The summed E-state index contributed by atoms with van der Waals surface area (Å²) in [5, 5.41) is 11.6. The van der Waals surface area contributed by atoms with Gasteiger partial charge in [-0.15, -0.1) is 0 Å². The van der Waals surface area contributed by atoms with Gasteiger partial charge < -0.3 is 20.1 Å². The summed E-state index contributed by atoms with van der Waals surface area (Å²) in [5.41, 5.74) is -0.117. The van der Waals surface area contributed by atoms with Crippen molar-refractivity contribution in [2.24, 2.45) is 5.41 Å². The molecule has 2 amide bonds. The lowest BCUT2D eigenvalue weighted by molar-refractivity contribution is -0.137. The monoisotopic (exact) mass is 272 g/mol. The van der Waals surface area contributed by atoms with E-state index in [0.29, 0.717) is 13.2 Å². The van der Waals surface area contributed by atoms with E-state index in [1.807, 2.05) is 6.92 Å². The maximum atomic E-state index is 12.0. The van der Waals surface area contributed by atoms with Gasteiger partial charge in [0.1, 0.15) is 6.54 Å². The predicted octanol–water partition coefficient (Wildman–Crippen LogP) is 1.31. The number of hydrogen-bond acceptors (Lipinski definition) is 3. The fraction of sp³-hybridized carbons (Fsp3) is 0.846. The van der Waals surface area contributed by atoms with Gasteiger partial charge in [-0.25, -0.2) is 4.79 Å². The van der Waals surface area contributed by atoms with E-state index in [-0.39, 0.29) is 30.1 Å². The Morgan fingerprint density at radius 1 is 1.42 bits per heavy atom. The van der Waals surface area contributed by atoms with Crippen LogP contribution in [0.3, 0.4) is 0 Å². The number of likely N-dealkylation sites (N-methyl/N-ethyl adjacent to an activating group) is 1. The third-order valence-electron chi connectivity index (χ3n) is 3.84. The largest absolute Gasteiger partial charge is 0.480 e. The number of carbonyl (C=O) groups excluding carboxylic acids is 1. The molecule has 2 atom stereocenters. The van der Waals surface area contributed by atoms with Gasteiger partial charge >= 0.3 is 12.0 Å². The number of urea groups is 1. The van der Waals surface area contributed by atoms with Gasteiger partial charge in [-0.1, -0.05) is 13.8 Å². The molecule has 0 aromatic rings. The maximum Gasteiger partial charge on any atom is 0.323 e. The van der Waals surface area contributed by atoms with E-state index in [2.05, 4.69) is 19.2 Å². The van der Waals surface area contributed by atoms with Crippen molar-refractivity contribution in [2.45, 2.75) is 46.3 Å². The molecule has 0 spiro atoms. The van der Waals surface area contributed by atoms with Crippen LogP contribution >= 0.6 is 0 Å². The molecule has 0 aromatic carbocycles. The second-order valence-corrected chi connectivity index (χ2v) is 5.41. The standard InChI is InChI=1S/C13H24N2O4/c1-5-15(8-11(16)17)12(18)14-9-7-10(19-6-2)13(9,3)4/h9-10H,5-8H2,1-4H3,(H,14,18)(H,16,17). The number of rotatable bonds is 6. The molecule has 2 unspecified atom stereocenters. The van der Waals surface area contributed by atoms with Gasteiger partial charge in [0, 0.05) is 24.6 Å². The van der Waals surface area contributed by atoms with Gasteiger partial charge in [0.2, 0.25) is 0 Å². The second-order valence-electron chi connectivity index (χ2n) is 5.41. The molecule has 1 rings (SSSR count). The number of carboxylic acid groups (broad SMARTS) is 1. The Hall–Kier alpha value is -1.30. The Labute approximate surface area is 114 Å². The zero-order valence-electron chi connectivity index (χ0n) is 12.1. The SMILES string of the molecule is CCOC1CC(NC(=O)N(CC)CC(=O)O)C1(C)C. The van der Waals surface area contributed by atoms with E-state index in [4.69, 9.17) is 9.84 Å². The third kappa shape index (κ3) is 3.59. The molecule has 2 N–H and O–H groups in total. The van der Waals surface area contributed by atoms with E-state index in [0.717, 1.165) is 6.42 Å². The lowest BCUT2D eigenvalue weighted by Gasteiger charge is -2.51.